The van der Waals surface area contributed by atoms with Gasteiger partial charge in [-0.2, -0.15) is 0 Å². The standard InChI is InChI=1S/C15H12FIN4O/c1-9-6-11(17)3-4-12(9)18-13-7-10(16)2-5-14(13)21-8-15(22)19-20-21/h2-8,18,22H,1H3. The van der Waals surface area contributed by atoms with Crippen LogP contribution in [0, 0.1) is 16.3 Å². The lowest BCUT2D eigenvalue weighted by molar-refractivity contribution is 0.452. The predicted octanol–water partition coefficient (Wildman–Crippen LogP) is 3.77. The number of aromatic hydroxyl groups is 1. The molecule has 0 amide bonds. The molecule has 0 unspecified atom stereocenters. The Bertz CT molecular complexity index is 834. The Morgan fingerprint density at radius 3 is 2.68 bits per heavy atom. The number of benzene rings is 2. The molecule has 0 atom stereocenters. The number of hydrogen-bond acceptors (Lipinski definition) is 4. The minimum absolute atomic E-state index is 0.194. The number of hydrogen-bond donors (Lipinski definition) is 2. The predicted molar refractivity (Wildman–Crippen MR) is 90.2 cm³/mol. The average molecular weight is 410 g/mol. The minimum atomic E-state index is -0.362. The van der Waals surface area contributed by atoms with Gasteiger partial charge in [0.1, 0.15) is 5.82 Å². The number of aryl methyl sites for hydroxylation is 1. The summed E-state index contributed by atoms with van der Waals surface area (Å²) in [5.74, 6) is -0.556. The highest BCUT2D eigenvalue weighted by molar-refractivity contribution is 14.1. The van der Waals surface area contributed by atoms with Gasteiger partial charge in [0.05, 0.1) is 17.6 Å². The fraction of sp³-hybridized carbons (Fsp3) is 0.0667. The molecule has 0 aliphatic carbocycles. The third kappa shape index (κ3) is 3.03. The van der Waals surface area contributed by atoms with Gasteiger partial charge in [0.15, 0.2) is 0 Å². The maximum absolute atomic E-state index is 13.6. The molecule has 2 aromatic carbocycles. The van der Waals surface area contributed by atoms with E-state index in [1.165, 1.54) is 23.0 Å². The second-order valence-electron chi connectivity index (χ2n) is 4.77. The average Bonchev–Trinajstić information content (AvgIpc) is 2.88. The molecule has 22 heavy (non-hydrogen) atoms. The van der Waals surface area contributed by atoms with E-state index in [9.17, 15) is 9.50 Å². The number of halogens is 2. The number of rotatable bonds is 3. The van der Waals surface area contributed by atoms with Gasteiger partial charge >= 0.3 is 0 Å². The van der Waals surface area contributed by atoms with E-state index in [1.807, 2.05) is 25.1 Å². The van der Waals surface area contributed by atoms with Crippen LogP contribution in [-0.4, -0.2) is 20.1 Å². The van der Waals surface area contributed by atoms with Gasteiger partial charge in [-0.05, 0) is 71.5 Å². The quantitative estimate of drug-likeness (QED) is 0.646. The lowest BCUT2D eigenvalue weighted by Gasteiger charge is -2.14. The van der Waals surface area contributed by atoms with Gasteiger partial charge in [0.25, 0.3) is 5.88 Å². The van der Waals surface area contributed by atoms with Crippen molar-refractivity contribution < 1.29 is 9.50 Å². The van der Waals surface area contributed by atoms with Crippen LogP contribution < -0.4 is 5.32 Å². The summed E-state index contributed by atoms with van der Waals surface area (Å²) in [4.78, 5) is 0. The highest BCUT2D eigenvalue weighted by atomic mass is 127. The van der Waals surface area contributed by atoms with E-state index in [2.05, 4.69) is 38.2 Å². The number of aromatic nitrogens is 3. The van der Waals surface area contributed by atoms with E-state index in [0.717, 1.165) is 14.8 Å². The van der Waals surface area contributed by atoms with E-state index in [0.29, 0.717) is 11.4 Å². The molecule has 0 aliphatic heterocycles. The van der Waals surface area contributed by atoms with Crippen molar-refractivity contribution in [1.82, 2.24) is 15.0 Å². The van der Waals surface area contributed by atoms with Gasteiger partial charge in [-0.3, -0.25) is 0 Å². The third-order valence-corrected chi connectivity index (χ3v) is 3.82. The maximum atomic E-state index is 13.6. The number of nitrogens with one attached hydrogen (secondary N) is 1. The van der Waals surface area contributed by atoms with Crippen LogP contribution in [0.2, 0.25) is 0 Å². The number of anilines is 2. The molecule has 2 N–H and O–H groups in total. The van der Waals surface area contributed by atoms with Crippen molar-refractivity contribution in [2.45, 2.75) is 6.92 Å². The Balaban J connectivity index is 2.04. The van der Waals surface area contributed by atoms with Gasteiger partial charge in [-0.1, -0.05) is 10.3 Å². The van der Waals surface area contributed by atoms with Crippen molar-refractivity contribution in [1.29, 1.82) is 0 Å². The Kier molecular flexibility index (Phi) is 3.97. The molecule has 112 valence electrons. The Hall–Kier alpha value is -2.16. The van der Waals surface area contributed by atoms with Crippen LogP contribution in [0.1, 0.15) is 5.56 Å². The lowest BCUT2D eigenvalue weighted by Crippen LogP contribution is -2.03. The fourth-order valence-electron chi connectivity index (χ4n) is 2.09. The molecule has 3 aromatic rings. The molecule has 0 spiro atoms. The summed E-state index contributed by atoms with van der Waals surface area (Å²) in [6, 6.07) is 10.2. The first kappa shape index (κ1) is 14.8. The molecule has 0 saturated heterocycles. The van der Waals surface area contributed by atoms with Gasteiger partial charge in [0.2, 0.25) is 0 Å². The van der Waals surface area contributed by atoms with Crippen LogP contribution in [-0.2, 0) is 0 Å². The molecule has 1 aromatic heterocycles. The summed E-state index contributed by atoms with van der Waals surface area (Å²) >= 11 is 2.24. The van der Waals surface area contributed by atoms with E-state index >= 15 is 0 Å². The van der Waals surface area contributed by atoms with E-state index in [4.69, 9.17) is 0 Å². The second-order valence-corrected chi connectivity index (χ2v) is 6.01. The first-order valence-electron chi connectivity index (χ1n) is 6.47. The van der Waals surface area contributed by atoms with Crippen LogP contribution in [0.15, 0.2) is 42.6 Å². The van der Waals surface area contributed by atoms with Crippen molar-refractivity contribution in [3.8, 4) is 11.6 Å². The van der Waals surface area contributed by atoms with Gasteiger partial charge in [-0.25, -0.2) is 9.07 Å². The third-order valence-electron chi connectivity index (χ3n) is 3.14. The smallest absolute Gasteiger partial charge is 0.251 e. The molecular formula is C15H12FIN4O. The normalized spacial score (nSPS) is 10.7. The summed E-state index contributed by atoms with van der Waals surface area (Å²) in [5.41, 5.74) is 3.04. The van der Waals surface area contributed by atoms with Crippen molar-refractivity contribution in [2.75, 3.05) is 5.32 Å². The zero-order valence-corrected chi connectivity index (χ0v) is 13.7. The molecule has 0 aliphatic rings. The molecule has 0 radical (unpaired) electrons. The summed E-state index contributed by atoms with van der Waals surface area (Å²) in [7, 11) is 0. The topological polar surface area (TPSA) is 63.0 Å². The Labute approximate surface area is 139 Å². The van der Waals surface area contributed by atoms with Crippen molar-refractivity contribution in [2.24, 2.45) is 0 Å². The Morgan fingerprint density at radius 1 is 1.18 bits per heavy atom. The summed E-state index contributed by atoms with van der Waals surface area (Å²) in [5, 5.41) is 19.9. The molecule has 3 rings (SSSR count). The molecule has 0 fully saturated rings. The second kappa shape index (κ2) is 5.91. The van der Waals surface area contributed by atoms with E-state index in [1.54, 1.807) is 6.07 Å². The van der Waals surface area contributed by atoms with Crippen LogP contribution in [0.3, 0.4) is 0 Å². The molecule has 1 heterocycles. The van der Waals surface area contributed by atoms with E-state index in [-0.39, 0.29) is 11.7 Å². The Morgan fingerprint density at radius 2 is 2.00 bits per heavy atom. The zero-order chi connectivity index (χ0) is 15.7. The monoisotopic (exact) mass is 410 g/mol. The molecule has 0 bridgehead atoms. The number of nitrogens with zero attached hydrogens (tertiary/aromatic N) is 3. The molecule has 0 saturated carbocycles. The van der Waals surface area contributed by atoms with E-state index < -0.39 is 0 Å². The highest BCUT2D eigenvalue weighted by Crippen LogP contribution is 2.28. The summed E-state index contributed by atoms with van der Waals surface area (Å²) in [6.07, 6.45) is 1.36. The van der Waals surface area contributed by atoms with Crippen LogP contribution in [0.5, 0.6) is 5.88 Å². The largest absolute Gasteiger partial charge is 0.491 e. The van der Waals surface area contributed by atoms with Crippen molar-refractivity contribution in [3.63, 3.8) is 0 Å². The van der Waals surface area contributed by atoms with Gasteiger partial charge < -0.3 is 10.4 Å². The fourth-order valence-corrected chi connectivity index (χ4v) is 2.74. The summed E-state index contributed by atoms with van der Waals surface area (Å²) in [6.45, 7) is 1.98. The van der Waals surface area contributed by atoms with Crippen molar-refractivity contribution in [3.05, 3.63) is 57.5 Å². The zero-order valence-electron chi connectivity index (χ0n) is 11.6. The SMILES string of the molecule is Cc1cc(I)ccc1Nc1cc(F)ccc1-n1cc(O)nn1. The summed E-state index contributed by atoms with van der Waals surface area (Å²) < 4.78 is 16.1. The highest BCUT2D eigenvalue weighted by Gasteiger charge is 2.10. The van der Waals surface area contributed by atoms with Crippen LogP contribution >= 0.6 is 22.6 Å². The first-order valence-corrected chi connectivity index (χ1v) is 7.55. The minimum Gasteiger partial charge on any atom is -0.491 e. The molecular weight excluding hydrogens is 398 g/mol. The lowest BCUT2D eigenvalue weighted by atomic mass is 10.2. The first-order chi connectivity index (χ1) is 10.5. The van der Waals surface area contributed by atoms with Crippen LogP contribution in [0.25, 0.3) is 5.69 Å². The van der Waals surface area contributed by atoms with Gasteiger partial charge in [-0.15, -0.1) is 0 Å². The molecule has 5 nitrogen and oxygen atoms in total. The van der Waals surface area contributed by atoms with Crippen LogP contribution in [0.4, 0.5) is 15.8 Å². The molecule has 7 heteroatoms. The maximum Gasteiger partial charge on any atom is 0.251 e. The van der Waals surface area contributed by atoms with Crippen molar-refractivity contribution >= 4 is 34.0 Å². The van der Waals surface area contributed by atoms with Gasteiger partial charge in [0, 0.05) is 9.26 Å².